The van der Waals surface area contributed by atoms with E-state index in [1.165, 1.54) is 11.8 Å². The van der Waals surface area contributed by atoms with Gasteiger partial charge in [-0.05, 0) is 31.5 Å². The first kappa shape index (κ1) is 19.7. The van der Waals surface area contributed by atoms with Crippen LogP contribution in [0, 0.1) is 13.8 Å². The van der Waals surface area contributed by atoms with Gasteiger partial charge in [0.15, 0.2) is 0 Å². The molecule has 3 aromatic rings. The molecule has 0 unspecified atom stereocenters. The van der Waals surface area contributed by atoms with Crippen molar-refractivity contribution in [1.82, 2.24) is 15.0 Å². The molecule has 0 bridgehead atoms. The van der Waals surface area contributed by atoms with Gasteiger partial charge in [0.1, 0.15) is 16.9 Å². The Bertz CT molecular complexity index is 970. The van der Waals surface area contributed by atoms with Crippen LogP contribution in [0.25, 0.3) is 0 Å². The van der Waals surface area contributed by atoms with Gasteiger partial charge in [-0.25, -0.2) is 4.98 Å². The number of rotatable bonds is 5. The number of nitrogens with zero attached hydrogens (tertiary/aromatic N) is 3. The van der Waals surface area contributed by atoms with Crippen LogP contribution in [0.1, 0.15) is 39.0 Å². The van der Waals surface area contributed by atoms with Crippen molar-refractivity contribution in [3.63, 3.8) is 0 Å². The predicted octanol–water partition coefficient (Wildman–Crippen LogP) is 4.19. The van der Waals surface area contributed by atoms with Gasteiger partial charge in [-0.1, -0.05) is 35.5 Å². The normalized spacial score (nSPS) is 16.8. The largest absolute Gasteiger partial charge is 0.370 e. The number of hydrogen-bond donors (Lipinski definition) is 0. The van der Waals surface area contributed by atoms with Crippen molar-refractivity contribution in [2.75, 3.05) is 19.7 Å². The summed E-state index contributed by atoms with van der Waals surface area (Å²) >= 11 is 1.53. The molecule has 4 rings (SSSR count). The van der Waals surface area contributed by atoms with Crippen LogP contribution in [-0.2, 0) is 10.5 Å². The number of thioether (sulfide) groups is 1. The minimum atomic E-state index is -0.107. The van der Waals surface area contributed by atoms with E-state index in [2.05, 4.69) is 10.1 Å². The monoisotopic (exact) mass is 409 g/mol. The molecular weight excluding hydrogens is 386 g/mol. The number of aromatic nitrogens is 2. The molecule has 1 aliphatic heterocycles. The van der Waals surface area contributed by atoms with Crippen LogP contribution in [0.4, 0.5) is 0 Å². The summed E-state index contributed by atoms with van der Waals surface area (Å²) in [7, 11) is 0. The van der Waals surface area contributed by atoms with Crippen molar-refractivity contribution in [3.05, 3.63) is 76.8 Å². The number of morpholine rings is 1. The fourth-order valence-corrected chi connectivity index (χ4v) is 4.53. The number of carbonyl (C=O) groups excluding carboxylic acids is 1. The topological polar surface area (TPSA) is 68.5 Å². The molecule has 0 spiro atoms. The second-order valence-corrected chi connectivity index (χ2v) is 7.93. The summed E-state index contributed by atoms with van der Waals surface area (Å²) in [5.41, 5.74) is 3.63. The SMILES string of the molecule is Cc1noc(C)c1CSc1ncccc1C(=O)N1CCO[C@@H](c2ccccc2)C1. The summed E-state index contributed by atoms with van der Waals surface area (Å²) in [6, 6.07) is 13.7. The maximum absolute atomic E-state index is 13.3. The van der Waals surface area contributed by atoms with E-state index in [-0.39, 0.29) is 12.0 Å². The van der Waals surface area contributed by atoms with Crippen LogP contribution in [-0.4, -0.2) is 40.6 Å². The van der Waals surface area contributed by atoms with Gasteiger partial charge in [0, 0.05) is 24.1 Å². The van der Waals surface area contributed by atoms with Gasteiger partial charge in [0.05, 0.1) is 24.4 Å². The number of benzene rings is 1. The summed E-state index contributed by atoms with van der Waals surface area (Å²) in [6.07, 6.45) is 1.61. The summed E-state index contributed by atoms with van der Waals surface area (Å²) in [6.45, 7) is 5.45. The number of carbonyl (C=O) groups is 1. The van der Waals surface area contributed by atoms with Crippen molar-refractivity contribution in [2.45, 2.75) is 30.7 Å². The van der Waals surface area contributed by atoms with Crippen molar-refractivity contribution in [3.8, 4) is 0 Å². The third kappa shape index (κ3) is 4.36. The fraction of sp³-hybridized carbons (Fsp3) is 0.318. The van der Waals surface area contributed by atoms with Gasteiger partial charge in [0.25, 0.3) is 5.91 Å². The number of hydrogen-bond acceptors (Lipinski definition) is 6. The molecule has 1 aromatic carbocycles. The fourth-order valence-electron chi connectivity index (χ4n) is 3.39. The van der Waals surface area contributed by atoms with Crippen LogP contribution >= 0.6 is 11.8 Å². The van der Waals surface area contributed by atoms with Gasteiger partial charge < -0.3 is 14.2 Å². The molecule has 3 heterocycles. The van der Waals surface area contributed by atoms with Gasteiger partial charge in [-0.2, -0.15) is 0 Å². The van der Waals surface area contributed by atoms with Gasteiger partial charge in [-0.15, -0.1) is 11.8 Å². The molecule has 6 nitrogen and oxygen atoms in total. The molecule has 1 aliphatic rings. The molecule has 0 aliphatic carbocycles. The van der Waals surface area contributed by atoms with Crippen molar-refractivity contribution in [1.29, 1.82) is 0 Å². The zero-order chi connectivity index (χ0) is 20.2. The Morgan fingerprint density at radius 2 is 2.03 bits per heavy atom. The van der Waals surface area contributed by atoms with Crippen molar-refractivity contribution in [2.24, 2.45) is 0 Å². The molecule has 0 N–H and O–H groups in total. The first-order valence-electron chi connectivity index (χ1n) is 9.59. The zero-order valence-electron chi connectivity index (χ0n) is 16.5. The second kappa shape index (κ2) is 8.80. The highest BCUT2D eigenvalue weighted by atomic mass is 32.2. The maximum Gasteiger partial charge on any atom is 0.256 e. The highest BCUT2D eigenvalue weighted by Crippen LogP contribution is 2.29. The third-order valence-corrected chi connectivity index (χ3v) is 6.09. The lowest BCUT2D eigenvalue weighted by atomic mass is 10.1. The predicted molar refractivity (Wildman–Crippen MR) is 111 cm³/mol. The molecule has 2 aromatic heterocycles. The second-order valence-electron chi connectivity index (χ2n) is 6.97. The first-order valence-corrected chi connectivity index (χ1v) is 10.6. The molecule has 1 amide bonds. The minimum Gasteiger partial charge on any atom is -0.370 e. The average molecular weight is 410 g/mol. The summed E-state index contributed by atoms with van der Waals surface area (Å²) in [5.74, 6) is 1.45. The van der Waals surface area contributed by atoms with Crippen molar-refractivity contribution < 1.29 is 14.1 Å². The summed E-state index contributed by atoms with van der Waals surface area (Å²) in [5, 5.41) is 4.72. The van der Waals surface area contributed by atoms with Gasteiger partial charge in [-0.3, -0.25) is 4.79 Å². The average Bonchev–Trinajstić information content (AvgIpc) is 3.10. The summed E-state index contributed by atoms with van der Waals surface area (Å²) in [4.78, 5) is 19.6. The van der Waals surface area contributed by atoms with Gasteiger partial charge >= 0.3 is 0 Å². The Balaban J connectivity index is 1.50. The zero-order valence-corrected chi connectivity index (χ0v) is 17.3. The van der Waals surface area contributed by atoms with Crippen LogP contribution in [0.5, 0.6) is 0 Å². The van der Waals surface area contributed by atoms with Crippen LogP contribution in [0.3, 0.4) is 0 Å². The lowest BCUT2D eigenvalue weighted by Gasteiger charge is -2.33. The van der Waals surface area contributed by atoms with E-state index in [0.29, 0.717) is 31.0 Å². The maximum atomic E-state index is 13.3. The van der Waals surface area contributed by atoms with E-state index < -0.39 is 0 Å². The Labute approximate surface area is 174 Å². The molecule has 29 heavy (non-hydrogen) atoms. The van der Waals surface area contributed by atoms with E-state index in [1.807, 2.05) is 61.2 Å². The highest BCUT2D eigenvalue weighted by Gasteiger charge is 2.27. The smallest absolute Gasteiger partial charge is 0.256 e. The summed E-state index contributed by atoms with van der Waals surface area (Å²) < 4.78 is 11.1. The third-order valence-electron chi connectivity index (χ3n) is 5.06. The van der Waals surface area contributed by atoms with Crippen molar-refractivity contribution >= 4 is 17.7 Å². The van der Waals surface area contributed by atoms with Crippen LogP contribution in [0.2, 0.25) is 0 Å². The molecule has 1 fully saturated rings. The Kier molecular flexibility index (Phi) is 5.97. The molecule has 7 heteroatoms. The van der Waals surface area contributed by atoms with E-state index in [4.69, 9.17) is 9.26 Å². The molecule has 150 valence electrons. The number of aryl methyl sites for hydroxylation is 2. The molecule has 0 saturated carbocycles. The van der Waals surface area contributed by atoms with E-state index >= 15 is 0 Å². The molecule has 0 radical (unpaired) electrons. The Morgan fingerprint density at radius 3 is 2.79 bits per heavy atom. The standard InChI is InChI=1S/C22H23N3O3S/c1-15-19(16(2)28-24-15)14-29-21-18(9-6-10-23-21)22(26)25-11-12-27-20(13-25)17-7-4-3-5-8-17/h3-10,20H,11-14H2,1-2H3/t20-/m1/s1. The number of amides is 1. The van der Waals surface area contributed by atoms with E-state index in [9.17, 15) is 4.79 Å². The molecule has 1 atom stereocenters. The number of pyridine rings is 1. The Morgan fingerprint density at radius 1 is 1.21 bits per heavy atom. The Hall–Kier alpha value is -2.64. The van der Waals surface area contributed by atoms with Gasteiger partial charge in [0.2, 0.25) is 0 Å². The number of ether oxygens (including phenoxy) is 1. The van der Waals surface area contributed by atoms with E-state index in [0.717, 1.165) is 27.6 Å². The highest BCUT2D eigenvalue weighted by molar-refractivity contribution is 7.98. The lowest BCUT2D eigenvalue weighted by Crippen LogP contribution is -2.42. The quantitative estimate of drug-likeness (QED) is 0.589. The van der Waals surface area contributed by atoms with Crippen LogP contribution < -0.4 is 0 Å². The molecule has 1 saturated heterocycles. The lowest BCUT2D eigenvalue weighted by molar-refractivity contribution is -0.0229. The minimum absolute atomic E-state index is 0.0106. The first-order chi connectivity index (χ1) is 14.1. The van der Waals surface area contributed by atoms with E-state index in [1.54, 1.807) is 6.20 Å². The van der Waals surface area contributed by atoms with Crippen LogP contribution in [0.15, 0.2) is 58.2 Å². The molecular formula is C22H23N3O3S.